The SMILES string of the molecule is CCCCCCC=CCCCC=CC(=O)O. The normalized spacial score (nSPS) is 11.6. The Labute approximate surface area is 99.1 Å². The Bertz CT molecular complexity index is 217. The van der Waals surface area contributed by atoms with E-state index in [-0.39, 0.29) is 0 Å². The van der Waals surface area contributed by atoms with E-state index in [0.29, 0.717) is 0 Å². The van der Waals surface area contributed by atoms with Crippen LogP contribution in [0.5, 0.6) is 0 Å². The van der Waals surface area contributed by atoms with Gasteiger partial charge in [0, 0.05) is 6.08 Å². The Morgan fingerprint density at radius 1 is 0.938 bits per heavy atom. The second kappa shape index (κ2) is 12.0. The van der Waals surface area contributed by atoms with Crippen molar-refractivity contribution >= 4 is 5.97 Å². The van der Waals surface area contributed by atoms with E-state index in [9.17, 15) is 4.79 Å². The zero-order valence-electron chi connectivity index (χ0n) is 10.3. The number of rotatable bonds is 10. The van der Waals surface area contributed by atoms with Crippen molar-refractivity contribution in [2.75, 3.05) is 0 Å². The zero-order valence-corrected chi connectivity index (χ0v) is 10.3. The summed E-state index contributed by atoms with van der Waals surface area (Å²) in [6, 6.07) is 0. The van der Waals surface area contributed by atoms with Gasteiger partial charge in [-0.3, -0.25) is 0 Å². The largest absolute Gasteiger partial charge is 0.478 e. The van der Waals surface area contributed by atoms with Crippen LogP contribution in [0, 0.1) is 0 Å². The average Bonchev–Trinajstić information content (AvgIpc) is 2.25. The highest BCUT2D eigenvalue weighted by atomic mass is 16.4. The quantitative estimate of drug-likeness (QED) is 0.341. The van der Waals surface area contributed by atoms with Gasteiger partial charge in [-0.05, 0) is 32.1 Å². The third-order valence-electron chi connectivity index (χ3n) is 2.39. The molecule has 0 aromatic rings. The van der Waals surface area contributed by atoms with Crippen molar-refractivity contribution < 1.29 is 9.90 Å². The minimum absolute atomic E-state index is 0.854. The minimum Gasteiger partial charge on any atom is -0.478 e. The van der Waals surface area contributed by atoms with E-state index < -0.39 is 5.97 Å². The molecule has 0 saturated carbocycles. The molecule has 92 valence electrons. The number of carboxylic acid groups (broad SMARTS) is 1. The first-order valence-electron chi connectivity index (χ1n) is 6.31. The molecule has 0 aromatic carbocycles. The van der Waals surface area contributed by atoms with Crippen LogP contribution < -0.4 is 0 Å². The summed E-state index contributed by atoms with van der Waals surface area (Å²) in [5.41, 5.74) is 0. The molecule has 0 radical (unpaired) electrons. The summed E-state index contributed by atoms with van der Waals surface area (Å²) < 4.78 is 0. The Morgan fingerprint density at radius 2 is 1.56 bits per heavy atom. The molecular weight excluding hydrogens is 200 g/mol. The van der Waals surface area contributed by atoms with Crippen LogP contribution in [0.3, 0.4) is 0 Å². The van der Waals surface area contributed by atoms with E-state index >= 15 is 0 Å². The lowest BCUT2D eigenvalue weighted by Crippen LogP contribution is -1.85. The van der Waals surface area contributed by atoms with E-state index in [4.69, 9.17) is 5.11 Å². The summed E-state index contributed by atoms with van der Waals surface area (Å²) in [5, 5.41) is 8.36. The van der Waals surface area contributed by atoms with E-state index in [1.807, 2.05) is 0 Å². The van der Waals surface area contributed by atoms with Gasteiger partial charge in [0.15, 0.2) is 0 Å². The maximum atomic E-state index is 10.2. The molecule has 2 heteroatoms. The molecule has 0 aliphatic carbocycles. The van der Waals surface area contributed by atoms with Crippen molar-refractivity contribution in [2.24, 2.45) is 0 Å². The van der Waals surface area contributed by atoms with E-state index in [1.54, 1.807) is 6.08 Å². The fourth-order valence-electron chi connectivity index (χ4n) is 1.46. The summed E-state index contributed by atoms with van der Waals surface area (Å²) in [6.45, 7) is 2.22. The zero-order chi connectivity index (χ0) is 12.1. The number of unbranched alkanes of at least 4 members (excludes halogenated alkanes) is 6. The monoisotopic (exact) mass is 224 g/mol. The number of aliphatic carboxylic acids is 1. The first kappa shape index (κ1) is 14.9. The Morgan fingerprint density at radius 3 is 2.19 bits per heavy atom. The number of allylic oxidation sites excluding steroid dienone is 3. The van der Waals surface area contributed by atoms with Gasteiger partial charge in [0.2, 0.25) is 0 Å². The van der Waals surface area contributed by atoms with Crippen molar-refractivity contribution in [3.63, 3.8) is 0 Å². The third-order valence-corrected chi connectivity index (χ3v) is 2.39. The summed E-state index contributed by atoms with van der Waals surface area (Å²) in [4.78, 5) is 10.2. The lowest BCUT2D eigenvalue weighted by atomic mass is 10.1. The number of hydrogen-bond donors (Lipinski definition) is 1. The molecule has 0 saturated heterocycles. The molecule has 0 aliphatic rings. The van der Waals surface area contributed by atoms with Gasteiger partial charge in [-0.2, -0.15) is 0 Å². The molecule has 0 amide bonds. The van der Waals surface area contributed by atoms with Crippen LogP contribution in [0.1, 0.15) is 58.3 Å². The van der Waals surface area contributed by atoms with E-state index in [1.165, 1.54) is 38.2 Å². The maximum Gasteiger partial charge on any atom is 0.327 e. The van der Waals surface area contributed by atoms with Crippen molar-refractivity contribution in [3.05, 3.63) is 24.3 Å². The fraction of sp³-hybridized carbons (Fsp3) is 0.643. The van der Waals surface area contributed by atoms with Crippen molar-refractivity contribution in [1.82, 2.24) is 0 Å². The van der Waals surface area contributed by atoms with Crippen LogP contribution in [-0.2, 0) is 4.79 Å². The van der Waals surface area contributed by atoms with Gasteiger partial charge in [0.1, 0.15) is 0 Å². The van der Waals surface area contributed by atoms with Gasteiger partial charge in [-0.1, -0.05) is 44.4 Å². The standard InChI is InChI=1S/C14H24O2/c1-2-3-4-5-6-7-8-9-10-11-12-13-14(15)16/h7-8,12-13H,2-6,9-11H2,1H3,(H,15,16). The number of carbonyl (C=O) groups is 1. The Kier molecular flexibility index (Phi) is 11.2. The van der Waals surface area contributed by atoms with Gasteiger partial charge in [-0.15, -0.1) is 0 Å². The van der Waals surface area contributed by atoms with Crippen molar-refractivity contribution in [2.45, 2.75) is 58.3 Å². The molecule has 0 aromatic heterocycles. The predicted octanol–water partition coefficient (Wildman–Crippen LogP) is 4.32. The molecule has 2 nitrogen and oxygen atoms in total. The molecule has 0 bridgehead atoms. The first-order chi connectivity index (χ1) is 7.77. The van der Waals surface area contributed by atoms with Crippen LogP contribution in [0.2, 0.25) is 0 Å². The van der Waals surface area contributed by atoms with Gasteiger partial charge in [0.25, 0.3) is 0 Å². The lowest BCUT2D eigenvalue weighted by molar-refractivity contribution is -0.131. The molecule has 0 atom stereocenters. The molecule has 0 unspecified atom stereocenters. The third kappa shape index (κ3) is 12.9. The van der Waals surface area contributed by atoms with Crippen LogP contribution in [0.15, 0.2) is 24.3 Å². The number of hydrogen-bond acceptors (Lipinski definition) is 1. The Balaban J connectivity index is 3.18. The second-order valence-corrected chi connectivity index (χ2v) is 3.99. The van der Waals surface area contributed by atoms with E-state index in [0.717, 1.165) is 19.3 Å². The van der Waals surface area contributed by atoms with Crippen LogP contribution in [0.25, 0.3) is 0 Å². The highest BCUT2D eigenvalue weighted by molar-refractivity contribution is 5.79. The molecule has 0 heterocycles. The van der Waals surface area contributed by atoms with Gasteiger partial charge in [-0.25, -0.2) is 4.79 Å². The summed E-state index contributed by atoms with van der Waals surface area (Å²) >= 11 is 0. The van der Waals surface area contributed by atoms with Crippen LogP contribution in [-0.4, -0.2) is 11.1 Å². The second-order valence-electron chi connectivity index (χ2n) is 3.99. The van der Waals surface area contributed by atoms with Crippen LogP contribution in [0.4, 0.5) is 0 Å². The topological polar surface area (TPSA) is 37.3 Å². The molecule has 0 aliphatic heterocycles. The summed E-state index contributed by atoms with van der Waals surface area (Å²) in [6.07, 6.45) is 16.8. The van der Waals surface area contributed by atoms with Crippen LogP contribution >= 0.6 is 0 Å². The van der Waals surface area contributed by atoms with Crippen molar-refractivity contribution in [3.8, 4) is 0 Å². The molecule has 0 spiro atoms. The van der Waals surface area contributed by atoms with Gasteiger partial charge in [0.05, 0.1) is 0 Å². The highest BCUT2D eigenvalue weighted by Gasteiger charge is 1.86. The summed E-state index contributed by atoms with van der Waals surface area (Å²) in [5.74, 6) is -0.855. The highest BCUT2D eigenvalue weighted by Crippen LogP contribution is 2.04. The van der Waals surface area contributed by atoms with E-state index in [2.05, 4.69) is 19.1 Å². The van der Waals surface area contributed by atoms with Gasteiger partial charge < -0.3 is 5.11 Å². The maximum absolute atomic E-state index is 10.2. The molecule has 1 N–H and O–H groups in total. The fourth-order valence-corrected chi connectivity index (χ4v) is 1.46. The van der Waals surface area contributed by atoms with Crippen molar-refractivity contribution in [1.29, 1.82) is 0 Å². The summed E-state index contributed by atoms with van der Waals surface area (Å²) in [7, 11) is 0. The smallest absolute Gasteiger partial charge is 0.327 e. The molecular formula is C14H24O2. The minimum atomic E-state index is -0.855. The lowest BCUT2D eigenvalue weighted by Gasteiger charge is -1.94. The molecule has 0 fully saturated rings. The molecule has 16 heavy (non-hydrogen) atoms. The Hall–Kier alpha value is -1.05. The predicted molar refractivity (Wildman–Crippen MR) is 68.5 cm³/mol. The van der Waals surface area contributed by atoms with Gasteiger partial charge >= 0.3 is 5.97 Å². The average molecular weight is 224 g/mol. The first-order valence-corrected chi connectivity index (χ1v) is 6.31. The molecule has 0 rings (SSSR count). The number of carboxylic acids is 1.